The number of nitrogens with one attached hydrogen (secondary N) is 2. The molecule has 0 aliphatic carbocycles. The topological polar surface area (TPSA) is 114 Å². The number of unbranched alkanes of at least 4 members (excludes halogenated alkanes) is 16. The van der Waals surface area contributed by atoms with Gasteiger partial charge in [-0.15, -0.1) is 0 Å². The molecular weight excluding hydrogens is 582 g/mol. The molecule has 0 saturated carbocycles. The Morgan fingerprint density at radius 3 is 1.43 bits per heavy atom. The summed E-state index contributed by atoms with van der Waals surface area (Å²) in [6.45, 7) is 13.2. The van der Waals surface area contributed by atoms with Crippen molar-refractivity contribution in [1.29, 1.82) is 0 Å². The summed E-state index contributed by atoms with van der Waals surface area (Å²) in [5, 5.41) is 15.0. The predicted octanol–water partition coefficient (Wildman–Crippen LogP) is 7.40. The molecule has 272 valence electrons. The monoisotopic (exact) mass is 657 g/mol. The highest BCUT2D eigenvalue weighted by Gasteiger charge is 2.28. The summed E-state index contributed by atoms with van der Waals surface area (Å²) < 4.78 is 11.8. The van der Waals surface area contributed by atoms with E-state index in [1.807, 2.05) is 6.92 Å². The van der Waals surface area contributed by atoms with Crippen LogP contribution in [0, 0.1) is 0 Å². The Kier molecular flexibility index (Phi) is 30.7. The second-order valence-electron chi connectivity index (χ2n) is 13.3. The van der Waals surface area contributed by atoms with Crippen molar-refractivity contribution in [2.24, 2.45) is 0 Å². The van der Waals surface area contributed by atoms with Gasteiger partial charge < -0.3 is 29.7 Å². The average Bonchev–Trinajstić information content (AvgIpc) is 3.02. The lowest BCUT2D eigenvalue weighted by atomic mass is 10.1. The van der Waals surface area contributed by atoms with E-state index in [1.165, 1.54) is 89.9 Å². The molecule has 0 radical (unpaired) electrons. The number of nitrogens with zero attached hydrogens (tertiary/aromatic N) is 1. The number of carboxylic acids is 1. The highest BCUT2D eigenvalue weighted by Crippen LogP contribution is 2.13. The molecule has 0 aliphatic heterocycles. The molecule has 2 amide bonds. The molecule has 0 rings (SSSR count). The molecule has 0 saturated heterocycles. The lowest BCUT2D eigenvalue weighted by molar-refractivity contribution is -0.927. The molecule has 9 nitrogen and oxygen atoms in total. The normalized spacial score (nSPS) is 12.3. The minimum atomic E-state index is -0.991. The van der Waals surface area contributed by atoms with E-state index in [0.29, 0.717) is 37.0 Å². The van der Waals surface area contributed by atoms with Crippen LogP contribution in [0.15, 0.2) is 0 Å². The molecule has 1 unspecified atom stereocenters. The summed E-state index contributed by atoms with van der Waals surface area (Å²) in [5.41, 5.74) is 0. The molecule has 3 N–H and O–H groups in total. The molecule has 9 heteroatoms. The third-order valence-electron chi connectivity index (χ3n) is 9.00. The summed E-state index contributed by atoms with van der Waals surface area (Å²) in [6.07, 6.45) is 23.3. The third-order valence-corrected chi connectivity index (χ3v) is 9.00. The summed E-state index contributed by atoms with van der Waals surface area (Å²) >= 11 is 0. The van der Waals surface area contributed by atoms with E-state index in [-0.39, 0.29) is 31.1 Å². The maximum atomic E-state index is 12.6. The molecule has 0 aromatic heterocycles. The average molecular weight is 657 g/mol. The number of carbonyl (C=O) groups excluding carboxylic acids is 2. The van der Waals surface area contributed by atoms with Gasteiger partial charge in [-0.1, -0.05) is 117 Å². The van der Waals surface area contributed by atoms with Crippen molar-refractivity contribution >= 4 is 17.8 Å². The van der Waals surface area contributed by atoms with E-state index in [2.05, 4.69) is 31.4 Å². The molecule has 46 heavy (non-hydrogen) atoms. The Bertz CT molecular complexity index is 696. The summed E-state index contributed by atoms with van der Waals surface area (Å²) in [7, 11) is 0. The number of carboxylic acid groups (broad SMARTS) is 1. The zero-order valence-electron chi connectivity index (χ0n) is 30.5. The number of amides is 2. The van der Waals surface area contributed by atoms with Crippen LogP contribution in [0.3, 0.4) is 0 Å². The number of hydrogen-bond acceptors (Lipinski definition) is 5. The number of aliphatic carboxylic acids is 1. The summed E-state index contributed by atoms with van der Waals surface area (Å²) in [6, 6.07) is 0. The smallest absolute Gasteiger partial charge is 0.329 e. The number of carbonyl (C=O) groups is 3. The van der Waals surface area contributed by atoms with Crippen LogP contribution in [0.2, 0.25) is 0 Å². The summed E-state index contributed by atoms with van der Waals surface area (Å²) in [4.78, 5) is 35.8. The molecule has 0 spiro atoms. The van der Waals surface area contributed by atoms with Crippen molar-refractivity contribution in [3.05, 3.63) is 0 Å². The quantitative estimate of drug-likeness (QED) is 0.0484. The van der Waals surface area contributed by atoms with Crippen LogP contribution in [0.25, 0.3) is 0 Å². The minimum absolute atomic E-state index is 0.0799. The van der Waals surface area contributed by atoms with E-state index < -0.39 is 5.97 Å². The molecule has 0 heterocycles. The van der Waals surface area contributed by atoms with E-state index in [1.54, 1.807) is 0 Å². The van der Waals surface area contributed by atoms with Crippen molar-refractivity contribution in [1.82, 2.24) is 10.6 Å². The number of ether oxygens (including phenoxy) is 2. The molecule has 0 aromatic rings. The van der Waals surface area contributed by atoms with Gasteiger partial charge in [0.25, 0.3) is 0 Å². The lowest BCUT2D eigenvalue weighted by Gasteiger charge is -2.39. The van der Waals surface area contributed by atoms with Crippen molar-refractivity contribution in [3.63, 3.8) is 0 Å². The fourth-order valence-electron chi connectivity index (χ4n) is 6.04. The first-order valence-corrected chi connectivity index (χ1v) is 19.1. The molecule has 0 fully saturated rings. The maximum absolute atomic E-state index is 12.6. The van der Waals surface area contributed by atoms with Gasteiger partial charge in [0.15, 0.2) is 0 Å². The predicted molar refractivity (Wildman–Crippen MR) is 189 cm³/mol. The first kappa shape index (κ1) is 44.3. The van der Waals surface area contributed by atoms with Crippen LogP contribution in [0.4, 0.5) is 0 Å². The lowest BCUT2D eigenvalue weighted by Crippen LogP contribution is -2.57. The Labute approximate surface area is 282 Å². The van der Waals surface area contributed by atoms with Gasteiger partial charge in [0.05, 0.1) is 45.9 Å². The van der Waals surface area contributed by atoms with Gasteiger partial charge in [0, 0.05) is 12.8 Å². The van der Waals surface area contributed by atoms with Crippen molar-refractivity contribution in [2.75, 3.05) is 59.1 Å². The number of quaternary nitrogens is 1. The van der Waals surface area contributed by atoms with Crippen molar-refractivity contribution < 1.29 is 33.4 Å². The van der Waals surface area contributed by atoms with Crippen molar-refractivity contribution in [3.8, 4) is 0 Å². The van der Waals surface area contributed by atoms with E-state index in [0.717, 1.165) is 51.9 Å². The maximum Gasteiger partial charge on any atom is 0.329 e. The standard InChI is InChI=1S/C37H73N3O6/c1-5-8-10-12-14-16-18-20-22-24-35(41)38-26-28-40(7-3,32-34(4)46-31-30-45-33-37(43)44)29-27-39-36(42)25-23-21-19-17-15-13-11-9-6-2/h34H,5-33H2,1-4H3,(H2-,38,39,41,42,43,44)/p+1. The number of rotatable bonds is 35. The highest BCUT2D eigenvalue weighted by atomic mass is 16.5. The summed E-state index contributed by atoms with van der Waals surface area (Å²) in [5.74, 6) is -0.757. The van der Waals surface area contributed by atoms with Crippen LogP contribution in [0.1, 0.15) is 156 Å². The van der Waals surface area contributed by atoms with Crippen LogP contribution in [-0.4, -0.2) is 92.6 Å². The van der Waals surface area contributed by atoms with Crippen LogP contribution in [0.5, 0.6) is 0 Å². The van der Waals surface area contributed by atoms with Gasteiger partial charge in [-0.2, -0.15) is 0 Å². The Morgan fingerprint density at radius 2 is 1.04 bits per heavy atom. The zero-order chi connectivity index (χ0) is 34.1. The zero-order valence-corrected chi connectivity index (χ0v) is 30.5. The fraction of sp³-hybridized carbons (Fsp3) is 0.919. The fourth-order valence-corrected chi connectivity index (χ4v) is 6.04. The molecule has 0 aliphatic rings. The highest BCUT2D eigenvalue weighted by molar-refractivity contribution is 5.76. The SMILES string of the molecule is CCCCCCCCCCCC(=O)NCC[N+](CC)(CCNC(=O)CCCCCCCCCCC)CC(C)OCCOCC(=O)O. The second-order valence-corrected chi connectivity index (χ2v) is 13.3. The largest absolute Gasteiger partial charge is 0.480 e. The van der Waals surface area contributed by atoms with E-state index >= 15 is 0 Å². The van der Waals surface area contributed by atoms with Gasteiger partial charge in [-0.25, -0.2) is 4.79 Å². The van der Waals surface area contributed by atoms with E-state index in [4.69, 9.17) is 14.6 Å². The van der Waals surface area contributed by atoms with Crippen LogP contribution in [-0.2, 0) is 23.9 Å². The van der Waals surface area contributed by atoms with Gasteiger partial charge in [0.2, 0.25) is 11.8 Å². The molecule has 1 atom stereocenters. The minimum Gasteiger partial charge on any atom is -0.480 e. The van der Waals surface area contributed by atoms with Crippen molar-refractivity contribution in [2.45, 2.75) is 162 Å². The number of likely N-dealkylation sites (N-methyl/N-ethyl adjacent to an activating group) is 1. The van der Waals surface area contributed by atoms with Gasteiger partial charge in [-0.05, 0) is 26.7 Å². The Hall–Kier alpha value is -1.71. The number of hydrogen-bond donors (Lipinski definition) is 3. The van der Waals surface area contributed by atoms with Crippen LogP contribution < -0.4 is 10.6 Å². The Morgan fingerprint density at radius 1 is 0.630 bits per heavy atom. The molecule has 0 aromatic carbocycles. The van der Waals surface area contributed by atoms with Gasteiger partial charge >= 0.3 is 5.97 Å². The third kappa shape index (κ3) is 28.5. The second kappa shape index (κ2) is 31.9. The van der Waals surface area contributed by atoms with Crippen LogP contribution >= 0.6 is 0 Å². The molecular formula is C37H74N3O6+. The van der Waals surface area contributed by atoms with E-state index in [9.17, 15) is 14.4 Å². The first-order valence-electron chi connectivity index (χ1n) is 19.1. The van der Waals surface area contributed by atoms with Gasteiger partial charge in [0.1, 0.15) is 19.3 Å². The first-order chi connectivity index (χ1) is 22.3. The molecule has 0 bridgehead atoms. The Balaban J connectivity index is 4.59. The van der Waals surface area contributed by atoms with Gasteiger partial charge in [-0.3, -0.25) is 9.59 Å².